The predicted molar refractivity (Wildman–Crippen MR) is 111 cm³/mol. The van der Waals surface area contributed by atoms with Gasteiger partial charge in [0.25, 0.3) is 5.72 Å². The second-order valence-corrected chi connectivity index (χ2v) is 8.56. The van der Waals surface area contributed by atoms with E-state index >= 15 is 0 Å². The minimum absolute atomic E-state index is 0.0147. The second kappa shape index (κ2) is 6.80. The summed E-state index contributed by atoms with van der Waals surface area (Å²) >= 11 is 6.91. The van der Waals surface area contributed by atoms with Gasteiger partial charge in [0.2, 0.25) is 5.13 Å². The van der Waals surface area contributed by atoms with Gasteiger partial charge in [0.05, 0.1) is 17.3 Å². The maximum Gasteiger partial charge on any atom is 0.439 e. The molecule has 2 atom stereocenters. The minimum atomic E-state index is -4.92. The van der Waals surface area contributed by atoms with E-state index in [2.05, 4.69) is 10.1 Å². The summed E-state index contributed by atoms with van der Waals surface area (Å²) in [6.07, 6.45) is -4.32. The van der Waals surface area contributed by atoms with E-state index in [1.165, 1.54) is 0 Å². The number of rotatable bonds is 2. The third-order valence-corrected chi connectivity index (χ3v) is 6.64. The van der Waals surface area contributed by atoms with E-state index in [4.69, 9.17) is 11.6 Å². The summed E-state index contributed by atoms with van der Waals surface area (Å²) in [4.78, 5) is 4.35. The lowest BCUT2D eigenvalue weighted by Crippen LogP contribution is -2.60. The fourth-order valence-corrected chi connectivity index (χ4v) is 5.04. The topological polar surface area (TPSA) is 48.7 Å². The Labute approximate surface area is 179 Å². The van der Waals surface area contributed by atoms with Crippen molar-refractivity contribution in [2.45, 2.75) is 24.7 Å². The largest absolute Gasteiger partial charge is 0.439 e. The molecule has 0 bridgehead atoms. The number of anilines is 1. The summed E-state index contributed by atoms with van der Waals surface area (Å²) in [6.45, 7) is 0. The monoisotopic (exact) mass is 449 g/mol. The number of hydrogen-bond donors (Lipinski definition) is 1. The SMILES string of the molecule is OC1(C(F)(F)F)C2CCc3ccccc3C2=NN1c1nc(-c2ccc(Cl)cc2)cs1. The van der Waals surface area contributed by atoms with Crippen LogP contribution in [0.3, 0.4) is 0 Å². The number of thiazole rings is 1. The average molecular weight is 450 g/mol. The Morgan fingerprint density at radius 3 is 2.60 bits per heavy atom. The molecule has 2 aliphatic rings. The summed E-state index contributed by atoms with van der Waals surface area (Å²) in [5.74, 6) is -1.18. The smallest absolute Gasteiger partial charge is 0.362 e. The quantitative estimate of drug-likeness (QED) is 0.562. The highest BCUT2D eigenvalue weighted by Gasteiger charge is 2.68. The Kier molecular flexibility index (Phi) is 4.43. The van der Waals surface area contributed by atoms with Crippen LogP contribution in [0.15, 0.2) is 59.0 Å². The number of nitrogens with zero attached hydrogens (tertiary/aromatic N) is 3. The first-order chi connectivity index (χ1) is 14.3. The highest BCUT2D eigenvalue weighted by Crippen LogP contribution is 2.51. The molecule has 3 aromatic rings. The average Bonchev–Trinajstić information content (AvgIpc) is 3.32. The van der Waals surface area contributed by atoms with Gasteiger partial charge in [-0.15, -0.1) is 11.3 Å². The van der Waals surface area contributed by atoms with E-state index in [1.54, 1.807) is 41.8 Å². The summed E-state index contributed by atoms with van der Waals surface area (Å²) in [6, 6.07) is 14.1. The first-order valence-corrected chi connectivity index (χ1v) is 10.5. The van der Waals surface area contributed by atoms with Crippen LogP contribution >= 0.6 is 22.9 Å². The van der Waals surface area contributed by atoms with Crippen molar-refractivity contribution >= 4 is 33.8 Å². The molecule has 0 spiro atoms. The maximum atomic E-state index is 14.2. The zero-order valence-corrected chi connectivity index (χ0v) is 17.0. The summed E-state index contributed by atoms with van der Waals surface area (Å²) in [7, 11) is 0. The zero-order chi connectivity index (χ0) is 21.1. The predicted octanol–water partition coefficient (Wildman–Crippen LogP) is 5.50. The van der Waals surface area contributed by atoms with Gasteiger partial charge in [-0.05, 0) is 30.5 Å². The van der Waals surface area contributed by atoms with Crippen LogP contribution < -0.4 is 5.01 Å². The third kappa shape index (κ3) is 2.85. The van der Waals surface area contributed by atoms with E-state index in [0.717, 1.165) is 16.9 Å². The normalized spacial score (nSPS) is 23.2. The molecule has 1 aromatic heterocycles. The molecule has 30 heavy (non-hydrogen) atoms. The fourth-order valence-electron chi connectivity index (χ4n) is 4.08. The number of hydrogen-bond acceptors (Lipinski definition) is 5. The van der Waals surface area contributed by atoms with Crippen LogP contribution in [0.1, 0.15) is 17.5 Å². The van der Waals surface area contributed by atoms with Crippen molar-refractivity contribution in [2.24, 2.45) is 11.0 Å². The van der Waals surface area contributed by atoms with Crippen LogP contribution in [0.4, 0.5) is 18.3 Å². The second-order valence-electron chi connectivity index (χ2n) is 7.29. The van der Waals surface area contributed by atoms with E-state index in [9.17, 15) is 18.3 Å². The molecule has 1 aliphatic carbocycles. The van der Waals surface area contributed by atoms with Gasteiger partial charge in [-0.1, -0.05) is 48.0 Å². The Balaban J connectivity index is 1.61. The zero-order valence-electron chi connectivity index (χ0n) is 15.4. The van der Waals surface area contributed by atoms with E-state index in [-0.39, 0.29) is 17.3 Å². The van der Waals surface area contributed by atoms with Crippen LogP contribution in [0, 0.1) is 5.92 Å². The Hall–Kier alpha value is -2.42. The van der Waals surface area contributed by atoms with Gasteiger partial charge in [0.1, 0.15) is 0 Å². The number of aromatic nitrogens is 1. The molecule has 4 nitrogen and oxygen atoms in total. The van der Waals surface area contributed by atoms with E-state index < -0.39 is 17.8 Å². The van der Waals surface area contributed by atoms with Crippen LogP contribution in [-0.2, 0) is 6.42 Å². The van der Waals surface area contributed by atoms with Crippen LogP contribution in [0.2, 0.25) is 5.02 Å². The standard InChI is InChI=1S/C21H15ClF3N3OS/c22-14-8-5-13(6-9-14)17-11-30-19(26-17)28-20(29,21(23,24)25)16-10-7-12-3-1-2-4-15(12)18(16)27-28/h1-6,8-9,11,16,29H,7,10H2. The number of halogens is 4. The molecule has 2 heterocycles. The van der Waals surface area contributed by atoms with Crippen LogP contribution in [-0.4, -0.2) is 27.7 Å². The first-order valence-electron chi connectivity index (χ1n) is 9.26. The molecule has 1 aliphatic heterocycles. The molecule has 1 N–H and O–H groups in total. The first kappa shape index (κ1) is 19.5. The number of aryl methyl sites for hydroxylation is 1. The molecule has 2 aromatic carbocycles. The van der Waals surface area contributed by atoms with Crippen molar-refractivity contribution in [1.82, 2.24) is 4.98 Å². The van der Waals surface area contributed by atoms with Crippen LogP contribution in [0.25, 0.3) is 11.3 Å². The summed E-state index contributed by atoms with van der Waals surface area (Å²) in [5, 5.41) is 18.1. The van der Waals surface area contributed by atoms with Gasteiger partial charge in [-0.2, -0.15) is 23.3 Å². The molecule has 2 unspecified atom stereocenters. The van der Waals surface area contributed by atoms with E-state index in [0.29, 0.717) is 33.3 Å². The molecular formula is C21H15ClF3N3OS. The fraction of sp³-hybridized carbons (Fsp3) is 0.238. The van der Waals surface area contributed by atoms with Gasteiger partial charge < -0.3 is 5.11 Å². The molecule has 0 radical (unpaired) electrons. The van der Waals surface area contributed by atoms with Crippen LogP contribution in [0.5, 0.6) is 0 Å². The van der Waals surface area contributed by atoms with Gasteiger partial charge >= 0.3 is 6.18 Å². The molecule has 0 fully saturated rings. The molecule has 5 rings (SSSR count). The highest BCUT2D eigenvalue weighted by atomic mass is 35.5. The Bertz CT molecular complexity index is 1140. The number of aliphatic hydroxyl groups is 1. The lowest BCUT2D eigenvalue weighted by molar-refractivity contribution is -0.268. The minimum Gasteiger partial charge on any atom is -0.362 e. The Morgan fingerprint density at radius 1 is 1.13 bits per heavy atom. The molecule has 0 saturated carbocycles. The summed E-state index contributed by atoms with van der Waals surface area (Å²) < 4.78 is 42.6. The van der Waals surface area contributed by atoms with Gasteiger partial charge in [0.15, 0.2) is 0 Å². The number of alkyl halides is 3. The van der Waals surface area contributed by atoms with E-state index in [1.807, 2.05) is 12.1 Å². The molecule has 154 valence electrons. The van der Waals surface area contributed by atoms with Crippen molar-refractivity contribution in [3.05, 3.63) is 70.1 Å². The van der Waals surface area contributed by atoms with Gasteiger partial charge in [-0.25, -0.2) is 4.98 Å². The number of fused-ring (bicyclic) bond motifs is 3. The number of benzene rings is 2. The lowest BCUT2D eigenvalue weighted by atomic mass is 9.77. The van der Waals surface area contributed by atoms with Gasteiger partial charge in [0, 0.05) is 21.5 Å². The molecule has 0 saturated heterocycles. The van der Waals surface area contributed by atoms with Crippen molar-refractivity contribution in [3.8, 4) is 11.3 Å². The summed E-state index contributed by atoms with van der Waals surface area (Å²) in [5.41, 5.74) is -0.114. The van der Waals surface area contributed by atoms with Crippen molar-refractivity contribution in [1.29, 1.82) is 0 Å². The van der Waals surface area contributed by atoms with Gasteiger partial charge in [-0.3, -0.25) is 0 Å². The molecule has 9 heteroatoms. The maximum absolute atomic E-state index is 14.2. The third-order valence-electron chi connectivity index (χ3n) is 5.57. The van der Waals surface area contributed by atoms with Crippen molar-refractivity contribution < 1.29 is 18.3 Å². The Morgan fingerprint density at radius 2 is 1.87 bits per heavy atom. The van der Waals surface area contributed by atoms with Crippen molar-refractivity contribution in [2.75, 3.05) is 5.01 Å². The molecular weight excluding hydrogens is 435 g/mol. The number of hydrazone groups is 1. The lowest BCUT2D eigenvalue weighted by Gasteiger charge is -2.38. The molecule has 0 amide bonds. The highest BCUT2D eigenvalue weighted by molar-refractivity contribution is 7.14. The van der Waals surface area contributed by atoms with Crippen molar-refractivity contribution in [3.63, 3.8) is 0 Å².